The fourth-order valence-corrected chi connectivity index (χ4v) is 6.04. The van der Waals surface area contributed by atoms with Gasteiger partial charge in [0.25, 0.3) is 0 Å². The lowest BCUT2D eigenvalue weighted by Gasteiger charge is -2.34. The second-order valence-electron chi connectivity index (χ2n) is 4.89. The Hall–Kier alpha value is 0.0500. The highest BCUT2D eigenvalue weighted by Crippen LogP contribution is 2.31. The van der Waals surface area contributed by atoms with Crippen molar-refractivity contribution in [3.63, 3.8) is 0 Å². The predicted molar refractivity (Wildman–Crippen MR) is 77.6 cm³/mol. The van der Waals surface area contributed by atoms with Crippen LogP contribution in [0.15, 0.2) is 14.7 Å². The molecule has 1 saturated heterocycles. The quantitative estimate of drug-likeness (QED) is 0.876. The summed E-state index contributed by atoms with van der Waals surface area (Å²) in [7, 11) is -3.43. The molecule has 0 spiro atoms. The maximum atomic E-state index is 12.4. The Morgan fingerprint density at radius 1 is 1.44 bits per heavy atom. The number of sulfonamides is 1. The molecule has 102 valence electrons. The van der Waals surface area contributed by atoms with Gasteiger partial charge in [0, 0.05) is 10.4 Å². The Morgan fingerprint density at radius 3 is 2.56 bits per heavy atom. The van der Waals surface area contributed by atoms with Gasteiger partial charge in [0.1, 0.15) is 0 Å². The fraction of sp³-hybridized carbons (Fsp3) is 0.636. The summed E-state index contributed by atoms with van der Waals surface area (Å²) in [6.07, 6.45) is 1.63. The highest BCUT2D eigenvalue weighted by molar-refractivity contribution is 9.11. The molecule has 1 fully saturated rings. The van der Waals surface area contributed by atoms with Gasteiger partial charge in [-0.1, -0.05) is 0 Å². The monoisotopic (exact) mass is 352 g/mol. The molecule has 0 bridgehead atoms. The molecule has 1 aromatic rings. The first kappa shape index (κ1) is 14.5. The van der Waals surface area contributed by atoms with Crippen molar-refractivity contribution in [2.24, 2.45) is 0 Å². The van der Waals surface area contributed by atoms with E-state index in [9.17, 15) is 8.42 Å². The van der Waals surface area contributed by atoms with Crippen molar-refractivity contribution in [3.8, 4) is 0 Å². The molecule has 2 rings (SSSR count). The third-order valence-corrected chi connectivity index (χ3v) is 6.67. The highest BCUT2D eigenvalue weighted by atomic mass is 79.9. The van der Waals surface area contributed by atoms with Crippen molar-refractivity contribution >= 4 is 37.3 Å². The van der Waals surface area contributed by atoms with E-state index in [1.807, 2.05) is 13.8 Å². The van der Waals surface area contributed by atoms with Crippen molar-refractivity contribution in [2.75, 3.05) is 13.1 Å². The third kappa shape index (κ3) is 3.14. The topological polar surface area (TPSA) is 58.2 Å². The van der Waals surface area contributed by atoms with Crippen LogP contribution in [-0.4, -0.2) is 27.0 Å². The molecule has 0 radical (unpaired) electrons. The van der Waals surface area contributed by atoms with Crippen LogP contribution in [0.4, 0.5) is 0 Å². The lowest BCUT2D eigenvalue weighted by Crippen LogP contribution is -2.52. The van der Waals surface area contributed by atoms with Crippen LogP contribution in [0.2, 0.25) is 0 Å². The maximum Gasteiger partial charge on any atom is 0.242 e. The zero-order valence-electron chi connectivity index (χ0n) is 10.4. The first-order valence-corrected chi connectivity index (χ1v) is 8.92. The van der Waals surface area contributed by atoms with Gasteiger partial charge in [0.05, 0.1) is 8.68 Å². The van der Waals surface area contributed by atoms with E-state index in [1.54, 1.807) is 6.07 Å². The summed E-state index contributed by atoms with van der Waals surface area (Å²) >= 11 is 4.77. The molecule has 0 unspecified atom stereocenters. The Kier molecular flexibility index (Phi) is 4.18. The van der Waals surface area contributed by atoms with Crippen molar-refractivity contribution in [1.29, 1.82) is 0 Å². The van der Waals surface area contributed by atoms with Gasteiger partial charge in [-0.2, -0.15) is 0 Å². The normalized spacial score (nSPS) is 19.9. The SMILES string of the molecule is Cc1sc(Br)cc1S(=O)(=O)NC1(C)CCNCC1. The second-order valence-corrected chi connectivity index (χ2v) is 9.17. The highest BCUT2D eigenvalue weighted by Gasteiger charge is 2.33. The average molecular weight is 353 g/mol. The molecule has 0 aliphatic carbocycles. The van der Waals surface area contributed by atoms with E-state index in [0.29, 0.717) is 4.90 Å². The smallest absolute Gasteiger partial charge is 0.242 e. The van der Waals surface area contributed by atoms with Gasteiger partial charge in [-0.3, -0.25) is 0 Å². The molecule has 18 heavy (non-hydrogen) atoms. The minimum absolute atomic E-state index is 0.342. The Balaban J connectivity index is 2.24. The molecule has 4 nitrogen and oxygen atoms in total. The molecule has 2 heterocycles. The van der Waals surface area contributed by atoms with E-state index < -0.39 is 10.0 Å². The van der Waals surface area contributed by atoms with Gasteiger partial charge in [-0.25, -0.2) is 13.1 Å². The standard InChI is InChI=1S/C11H17BrN2O2S2/c1-8-9(7-10(12)17-8)18(15,16)14-11(2)3-5-13-6-4-11/h7,13-14H,3-6H2,1-2H3. The van der Waals surface area contributed by atoms with Crippen LogP contribution in [0.3, 0.4) is 0 Å². The number of aryl methyl sites for hydroxylation is 1. The molecule has 0 saturated carbocycles. The van der Waals surface area contributed by atoms with Gasteiger partial charge in [-0.15, -0.1) is 11.3 Å². The van der Waals surface area contributed by atoms with Gasteiger partial charge in [0.15, 0.2) is 0 Å². The van der Waals surface area contributed by atoms with Crippen molar-refractivity contribution in [1.82, 2.24) is 10.0 Å². The number of thiophene rings is 1. The van der Waals surface area contributed by atoms with E-state index >= 15 is 0 Å². The first-order valence-electron chi connectivity index (χ1n) is 5.83. The van der Waals surface area contributed by atoms with Gasteiger partial charge < -0.3 is 5.32 Å². The second kappa shape index (κ2) is 5.20. The number of piperidine rings is 1. The molecule has 1 aromatic heterocycles. The zero-order chi connectivity index (χ0) is 13.4. The Morgan fingerprint density at radius 2 is 2.06 bits per heavy atom. The van der Waals surface area contributed by atoms with E-state index in [4.69, 9.17) is 0 Å². The minimum Gasteiger partial charge on any atom is -0.317 e. The van der Waals surface area contributed by atoms with Crippen LogP contribution >= 0.6 is 27.3 Å². The molecular weight excluding hydrogens is 336 g/mol. The van der Waals surface area contributed by atoms with E-state index in [1.165, 1.54) is 11.3 Å². The molecule has 0 amide bonds. The summed E-state index contributed by atoms with van der Waals surface area (Å²) in [5, 5.41) is 3.24. The minimum atomic E-state index is -3.43. The van der Waals surface area contributed by atoms with Crippen molar-refractivity contribution in [3.05, 3.63) is 14.7 Å². The Labute approximate surface area is 120 Å². The molecule has 0 aromatic carbocycles. The van der Waals surface area contributed by atoms with Gasteiger partial charge >= 0.3 is 0 Å². The van der Waals surface area contributed by atoms with Crippen LogP contribution in [0.5, 0.6) is 0 Å². The molecule has 7 heteroatoms. The zero-order valence-corrected chi connectivity index (χ0v) is 13.6. The van der Waals surface area contributed by atoms with E-state index in [2.05, 4.69) is 26.0 Å². The summed E-state index contributed by atoms with van der Waals surface area (Å²) < 4.78 is 28.5. The summed E-state index contributed by atoms with van der Waals surface area (Å²) in [5.41, 5.74) is -0.342. The van der Waals surface area contributed by atoms with E-state index in [0.717, 1.165) is 34.6 Å². The van der Waals surface area contributed by atoms with Crippen molar-refractivity contribution < 1.29 is 8.42 Å². The molecule has 2 N–H and O–H groups in total. The van der Waals surface area contributed by atoms with Crippen LogP contribution in [0.25, 0.3) is 0 Å². The van der Waals surface area contributed by atoms with Crippen LogP contribution in [0, 0.1) is 6.92 Å². The molecular formula is C11H17BrN2O2S2. The number of halogens is 1. The third-order valence-electron chi connectivity index (χ3n) is 3.22. The van der Waals surface area contributed by atoms with Crippen molar-refractivity contribution in [2.45, 2.75) is 37.1 Å². The molecule has 0 atom stereocenters. The maximum absolute atomic E-state index is 12.4. The van der Waals surface area contributed by atoms with Crippen LogP contribution in [-0.2, 0) is 10.0 Å². The largest absolute Gasteiger partial charge is 0.317 e. The Bertz CT molecular complexity index is 533. The summed E-state index contributed by atoms with van der Waals surface area (Å²) in [6, 6.07) is 1.67. The predicted octanol–water partition coefficient (Wildman–Crippen LogP) is 2.24. The van der Waals surface area contributed by atoms with Gasteiger partial charge in [-0.05, 0) is 61.8 Å². The number of hydrogen-bond acceptors (Lipinski definition) is 4. The van der Waals surface area contributed by atoms with E-state index in [-0.39, 0.29) is 5.54 Å². The van der Waals surface area contributed by atoms with Crippen LogP contribution < -0.4 is 10.0 Å². The molecule has 1 aliphatic heterocycles. The number of rotatable bonds is 3. The van der Waals surface area contributed by atoms with Gasteiger partial charge in [0.2, 0.25) is 10.0 Å². The summed E-state index contributed by atoms with van der Waals surface area (Å²) in [5.74, 6) is 0. The fourth-order valence-electron chi connectivity index (χ4n) is 2.16. The summed E-state index contributed by atoms with van der Waals surface area (Å²) in [6.45, 7) is 5.51. The average Bonchev–Trinajstić information content (AvgIpc) is 2.58. The van der Waals surface area contributed by atoms with Crippen LogP contribution in [0.1, 0.15) is 24.6 Å². The first-order chi connectivity index (χ1) is 8.32. The number of nitrogens with one attached hydrogen (secondary N) is 2. The molecule has 1 aliphatic rings. The lowest BCUT2D eigenvalue weighted by molar-refractivity contribution is 0.308. The lowest BCUT2D eigenvalue weighted by atomic mass is 9.92. The number of hydrogen-bond donors (Lipinski definition) is 2. The summed E-state index contributed by atoms with van der Waals surface area (Å²) in [4.78, 5) is 1.20.